The molecule has 3 aromatic rings. The fourth-order valence-electron chi connectivity index (χ4n) is 3.30. The molecule has 0 fully saturated rings. The summed E-state index contributed by atoms with van der Waals surface area (Å²) in [5.74, 6) is 0.441. The van der Waals surface area contributed by atoms with Crippen LogP contribution in [0.5, 0.6) is 11.5 Å². The third-order valence-corrected chi connectivity index (χ3v) is 4.76. The standard InChI is InChI=1S/C20H18N2O3/c21-20(19(23)24)8-7-13-3-4-16(11-15(13)12-20)25-17-5-6-18-14(10-17)2-1-9-22-18/h1-6,9-11H,7-8,12,21H2,(H,23,24). The Morgan fingerprint density at radius 3 is 2.76 bits per heavy atom. The Bertz CT molecular complexity index is 970. The molecule has 3 N–H and O–H groups in total. The number of aliphatic carboxylic acids is 1. The number of hydrogen-bond acceptors (Lipinski definition) is 4. The summed E-state index contributed by atoms with van der Waals surface area (Å²) in [5.41, 5.74) is 7.83. The summed E-state index contributed by atoms with van der Waals surface area (Å²) in [4.78, 5) is 15.7. The van der Waals surface area contributed by atoms with E-state index >= 15 is 0 Å². The van der Waals surface area contributed by atoms with Crippen molar-refractivity contribution in [3.63, 3.8) is 0 Å². The highest BCUT2D eigenvalue weighted by atomic mass is 16.5. The van der Waals surface area contributed by atoms with Gasteiger partial charge in [0.05, 0.1) is 5.52 Å². The zero-order valence-corrected chi connectivity index (χ0v) is 13.6. The average molecular weight is 334 g/mol. The molecule has 0 saturated carbocycles. The van der Waals surface area contributed by atoms with Crippen molar-refractivity contribution in [3.8, 4) is 11.5 Å². The number of carbonyl (C=O) groups is 1. The number of benzene rings is 2. The molecule has 0 saturated heterocycles. The Morgan fingerprint density at radius 2 is 1.92 bits per heavy atom. The van der Waals surface area contributed by atoms with E-state index in [1.807, 2.05) is 48.5 Å². The van der Waals surface area contributed by atoms with E-state index in [-0.39, 0.29) is 0 Å². The molecule has 2 aromatic carbocycles. The molecular formula is C20H18N2O3. The topological polar surface area (TPSA) is 85.4 Å². The minimum Gasteiger partial charge on any atom is -0.480 e. The monoisotopic (exact) mass is 334 g/mol. The molecule has 126 valence electrons. The molecule has 0 amide bonds. The highest BCUT2D eigenvalue weighted by Crippen LogP contribution is 2.32. The first kappa shape index (κ1) is 15.6. The van der Waals surface area contributed by atoms with Gasteiger partial charge in [-0.25, -0.2) is 0 Å². The van der Waals surface area contributed by atoms with Crippen LogP contribution in [-0.4, -0.2) is 21.6 Å². The summed E-state index contributed by atoms with van der Waals surface area (Å²) < 4.78 is 5.97. The van der Waals surface area contributed by atoms with Crippen molar-refractivity contribution in [2.75, 3.05) is 0 Å². The van der Waals surface area contributed by atoms with Crippen molar-refractivity contribution in [3.05, 3.63) is 65.9 Å². The Hall–Kier alpha value is -2.92. The van der Waals surface area contributed by atoms with Gasteiger partial charge >= 0.3 is 5.97 Å². The molecule has 1 heterocycles. The second-order valence-corrected chi connectivity index (χ2v) is 6.53. The van der Waals surface area contributed by atoms with E-state index in [1.54, 1.807) is 6.20 Å². The van der Waals surface area contributed by atoms with Gasteiger partial charge in [-0.1, -0.05) is 12.1 Å². The maximum atomic E-state index is 11.4. The summed E-state index contributed by atoms with van der Waals surface area (Å²) >= 11 is 0. The number of rotatable bonds is 3. The molecule has 1 unspecified atom stereocenters. The predicted molar refractivity (Wildman–Crippen MR) is 94.8 cm³/mol. The maximum Gasteiger partial charge on any atom is 0.324 e. The lowest BCUT2D eigenvalue weighted by atomic mass is 9.78. The van der Waals surface area contributed by atoms with Crippen molar-refractivity contribution in [2.24, 2.45) is 5.73 Å². The molecule has 1 aliphatic carbocycles. The summed E-state index contributed by atoms with van der Waals surface area (Å²) in [6.07, 6.45) is 3.19. The quantitative estimate of drug-likeness (QED) is 0.767. The van der Waals surface area contributed by atoms with Gasteiger partial charge in [-0.05, 0) is 60.4 Å². The summed E-state index contributed by atoms with van der Waals surface area (Å²) in [7, 11) is 0. The number of fused-ring (bicyclic) bond motifs is 2. The van der Waals surface area contributed by atoms with Crippen molar-refractivity contribution < 1.29 is 14.6 Å². The first-order valence-corrected chi connectivity index (χ1v) is 8.20. The van der Waals surface area contributed by atoms with Crippen LogP contribution in [0.3, 0.4) is 0 Å². The van der Waals surface area contributed by atoms with Gasteiger partial charge in [-0.15, -0.1) is 0 Å². The van der Waals surface area contributed by atoms with E-state index in [9.17, 15) is 9.90 Å². The fourth-order valence-corrected chi connectivity index (χ4v) is 3.30. The second-order valence-electron chi connectivity index (χ2n) is 6.53. The Kier molecular flexibility index (Phi) is 3.66. The van der Waals surface area contributed by atoms with Crippen LogP contribution in [0.2, 0.25) is 0 Å². The van der Waals surface area contributed by atoms with E-state index in [0.29, 0.717) is 30.8 Å². The lowest BCUT2D eigenvalue weighted by Crippen LogP contribution is -2.52. The molecule has 5 heteroatoms. The molecule has 0 spiro atoms. The molecule has 0 bridgehead atoms. The highest BCUT2D eigenvalue weighted by Gasteiger charge is 2.37. The number of aromatic nitrogens is 1. The minimum atomic E-state index is -1.19. The number of carboxylic acid groups (broad SMARTS) is 1. The smallest absolute Gasteiger partial charge is 0.324 e. The van der Waals surface area contributed by atoms with Crippen LogP contribution >= 0.6 is 0 Å². The number of nitrogens with zero attached hydrogens (tertiary/aromatic N) is 1. The molecule has 1 aliphatic rings. The van der Waals surface area contributed by atoms with Gasteiger partial charge in [0, 0.05) is 18.0 Å². The van der Waals surface area contributed by atoms with Crippen LogP contribution in [0.4, 0.5) is 0 Å². The van der Waals surface area contributed by atoms with Crippen molar-refractivity contribution in [2.45, 2.75) is 24.8 Å². The number of carboxylic acids is 1. The first-order chi connectivity index (χ1) is 12.0. The van der Waals surface area contributed by atoms with Crippen molar-refractivity contribution in [1.82, 2.24) is 4.98 Å². The van der Waals surface area contributed by atoms with E-state index in [1.165, 1.54) is 0 Å². The lowest BCUT2D eigenvalue weighted by Gasteiger charge is -2.30. The average Bonchev–Trinajstić information content (AvgIpc) is 2.61. The normalized spacial score (nSPS) is 19.4. The minimum absolute atomic E-state index is 0.316. The largest absolute Gasteiger partial charge is 0.480 e. The number of nitrogens with two attached hydrogens (primary N) is 1. The van der Waals surface area contributed by atoms with Gasteiger partial charge in [0.2, 0.25) is 0 Å². The number of hydrogen-bond donors (Lipinski definition) is 2. The maximum absolute atomic E-state index is 11.4. The van der Waals surface area contributed by atoms with Gasteiger partial charge in [-0.3, -0.25) is 9.78 Å². The third kappa shape index (κ3) is 2.94. The highest BCUT2D eigenvalue weighted by molar-refractivity contribution is 5.80. The van der Waals surface area contributed by atoms with Crippen LogP contribution in [0.1, 0.15) is 17.5 Å². The van der Waals surface area contributed by atoms with Gasteiger partial charge < -0.3 is 15.6 Å². The number of pyridine rings is 1. The van der Waals surface area contributed by atoms with Crippen LogP contribution < -0.4 is 10.5 Å². The Labute approximate surface area is 145 Å². The Morgan fingerprint density at radius 1 is 1.12 bits per heavy atom. The van der Waals surface area contributed by atoms with Gasteiger partial charge in [-0.2, -0.15) is 0 Å². The van der Waals surface area contributed by atoms with Crippen molar-refractivity contribution in [1.29, 1.82) is 0 Å². The van der Waals surface area contributed by atoms with E-state index < -0.39 is 11.5 Å². The molecule has 0 aliphatic heterocycles. The first-order valence-electron chi connectivity index (χ1n) is 8.20. The zero-order valence-electron chi connectivity index (χ0n) is 13.6. The number of aryl methyl sites for hydroxylation is 1. The summed E-state index contributed by atoms with van der Waals surface area (Å²) in [5, 5.41) is 10.4. The molecule has 5 nitrogen and oxygen atoms in total. The van der Waals surface area contributed by atoms with Crippen molar-refractivity contribution >= 4 is 16.9 Å². The van der Waals surface area contributed by atoms with E-state index in [0.717, 1.165) is 22.0 Å². The van der Waals surface area contributed by atoms with Gasteiger partial charge in [0.25, 0.3) is 0 Å². The molecular weight excluding hydrogens is 316 g/mol. The summed E-state index contributed by atoms with van der Waals surface area (Å²) in [6, 6.07) is 15.4. The molecule has 25 heavy (non-hydrogen) atoms. The van der Waals surface area contributed by atoms with Crippen LogP contribution in [0.15, 0.2) is 54.7 Å². The molecule has 0 radical (unpaired) electrons. The molecule has 1 atom stereocenters. The zero-order chi connectivity index (χ0) is 17.4. The van der Waals surface area contributed by atoms with Gasteiger partial charge in [0.15, 0.2) is 0 Å². The SMILES string of the molecule is NC1(C(=O)O)CCc2ccc(Oc3ccc4ncccc4c3)cc2C1. The van der Waals surface area contributed by atoms with Crippen LogP contribution in [0.25, 0.3) is 10.9 Å². The third-order valence-electron chi connectivity index (χ3n) is 4.76. The predicted octanol–water partition coefficient (Wildman–Crippen LogP) is 3.30. The van der Waals surface area contributed by atoms with Crippen LogP contribution in [0, 0.1) is 0 Å². The fraction of sp³-hybridized carbons (Fsp3) is 0.200. The number of ether oxygens (including phenoxy) is 1. The Balaban J connectivity index is 1.62. The molecule has 4 rings (SSSR count). The summed E-state index contributed by atoms with van der Waals surface area (Å²) in [6.45, 7) is 0. The van der Waals surface area contributed by atoms with E-state index in [2.05, 4.69) is 4.98 Å². The molecule has 1 aromatic heterocycles. The second kappa shape index (κ2) is 5.86. The lowest BCUT2D eigenvalue weighted by molar-refractivity contribution is -0.143. The van der Waals surface area contributed by atoms with Gasteiger partial charge in [0.1, 0.15) is 17.0 Å². The van der Waals surface area contributed by atoms with E-state index in [4.69, 9.17) is 10.5 Å². The van der Waals surface area contributed by atoms with Crippen LogP contribution in [-0.2, 0) is 17.6 Å².